The number of hydrogen-bond donors (Lipinski definition) is 1. The fourth-order valence-electron chi connectivity index (χ4n) is 2.39. The number of rotatable bonds is 9. The summed E-state index contributed by atoms with van der Waals surface area (Å²) in [7, 11) is 1.38. The van der Waals surface area contributed by atoms with Crippen molar-refractivity contribution in [2.75, 3.05) is 33.4 Å². The Kier molecular flexibility index (Phi) is 8.30. The molecule has 2 unspecified atom stereocenters. The minimum Gasteiger partial charge on any atom is -0.469 e. The molecule has 0 radical (unpaired) electrons. The third kappa shape index (κ3) is 6.44. The minimum atomic E-state index is -0.273. The molecule has 6 nitrogen and oxygen atoms in total. The first-order chi connectivity index (χ1) is 10.1. The van der Waals surface area contributed by atoms with Crippen molar-refractivity contribution in [3.8, 4) is 0 Å². The molecule has 2 atom stereocenters. The van der Waals surface area contributed by atoms with Gasteiger partial charge in [-0.25, -0.2) is 0 Å². The van der Waals surface area contributed by atoms with Gasteiger partial charge in [-0.2, -0.15) is 0 Å². The summed E-state index contributed by atoms with van der Waals surface area (Å²) in [6, 6.07) is -0.273. The third-order valence-corrected chi connectivity index (χ3v) is 3.77. The third-order valence-electron chi connectivity index (χ3n) is 3.77. The summed E-state index contributed by atoms with van der Waals surface area (Å²) in [5.74, 6) is -0.256. The van der Waals surface area contributed by atoms with Gasteiger partial charge in [0, 0.05) is 26.2 Å². The molecule has 1 aliphatic heterocycles. The van der Waals surface area contributed by atoms with Gasteiger partial charge in [0.25, 0.3) is 0 Å². The van der Waals surface area contributed by atoms with Crippen molar-refractivity contribution >= 4 is 11.9 Å². The minimum absolute atomic E-state index is 0.000266. The smallest absolute Gasteiger partial charge is 0.306 e. The van der Waals surface area contributed by atoms with Crippen molar-refractivity contribution in [2.24, 2.45) is 0 Å². The molecule has 1 amide bonds. The van der Waals surface area contributed by atoms with E-state index in [1.165, 1.54) is 7.11 Å². The summed E-state index contributed by atoms with van der Waals surface area (Å²) in [6.07, 6.45) is 3.43. The summed E-state index contributed by atoms with van der Waals surface area (Å²) < 4.78 is 10.3. The maximum absolute atomic E-state index is 12.1. The average molecular weight is 300 g/mol. The Labute approximate surface area is 127 Å². The van der Waals surface area contributed by atoms with Gasteiger partial charge in [-0.1, -0.05) is 6.92 Å². The fraction of sp³-hybridized carbons (Fsp3) is 0.867. The van der Waals surface area contributed by atoms with Gasteiger partial charge in [0.2, 0.25) is 5.91 Å². The average Bonchev–Trinajstić information content (AvgIpc) is 3.00. The molecule has 0 aliphatic carbocycles. The number of esters is 1. The van der Waals surface area contributed by atoms with Crippen LogP contribution in [0.4, 0.5) is 0 Å². The van der Waals surface area contributed by atoms with E-state index in [2.05, 4.69) is 10.1 Å². The zero-order chi connectivity index (χ0) is 15.7. The first-order valence-corrected chi connectivity index (χ1v) is 7.78. The molecule has 122 valence electrons. The van der Waals surface area contributed by atoms with Gasteiger partial charge in [0.05, 0.1) is 25.7 Å². The van der Waals surface area contributed by atoms with Crippen LogP contribution in [-0.2, 0) is 19.1 Å². The van der Waals surface area contributed by atoms with E-state index >= 15 is 0 Å². The second-order valence-electron chi connectivity index (χ2n) is 5.42. The van der Waals surface area contributed by atoms with Crippen LogP contribution in [0.3, 0.4) is 0 Å². The van der Waals surface area contributed by atoms with Crippen LogP contribution in [0, 0.1) is 0 Å². The summed E-state index contributed by atoms with van der Waals surface area (Å²) in [4.78, 5) is 25.5. The van der Waals surface area contributed by atoms with Crippen molar-refractivity contribution in [3.05, 3.63) is 0 Å². The number of carbonyl (C=O) groups excluding carboxylic acids is 2. The molecule has 6 heteroatoms. The lowest BCUT2D eigenvalue weighted by Gasteiger charge is -2.30. The lowest BCUT2D eigenvalue weighted by atomic mass is 10.1. The first kappa shape index (κ1) is 17.9. The Balaban J connectivity index is 2.55. The van der Waals surface area contributed by atoms with Crippen molar-refractivity contribution in [1.29, 1.82) is 0 Å². The second kappa shape index (κ2) is 9.73. The van der Waals surface area contributed by atoms with Crippen LogP contribution in [-0.4, -0.2) is 62.3 Å². The zero-order valence-corrected chi connectivity index (χ0v) is 13.4. The molecular formula is C15H28N2O4. The molecule has 21 heavy (non-hydrogen) atoms. The Morgan fingerprint density at radius 3 is 2.81 bits per heavy atom. The van der Waals surface area contributed by atoms with E-state index in [-0.39, 0.29) is 30.4 Å². The van der Waals surface area contributed by atoms with Crippen LogP contribution >= 0.6 is 0 Å². The number of nitrogens with zero attached hydrogens (tertiary/aromatic N) is 1. The van der Waals surface area contributed by atoms with Crippen LogP contribution in [0.25, 0.3) is 0 Å². The molecule has 1 saturated heterocycles. The topological polar surface area (TPSA) is 67.9 Å². The number of amides is 1. The molecule has 0 spiro atoms. The monoisotopic (exact) mass is 300 g/mol. The van der Waals surface area contributed by atoms with Crippen molar-refractivity contribution < 1.29 is 19.1 Å². The van der Waals surface area contributed by atoms with Crippen LogP contribution < -0.4 is 5.32 Å². The van der Waals surface area contributed by atoms with Gasteiger partial charge in [-0.3, -0.25) is 14.5 Å². The number of ether oxygens (including phenoxy) is 2. The molecule has 0 bridgehead atoms. The van der Waals surface area contributed by atoms with E-state index < -0.39 is 0 Å². The summed E-state index contributed by atoms with van der Waals surface area (Å²) >= 11 is 0. The molecule has 0 saturated carbocycles. The van der Waals surface area contributed by atoms with E-state index in [0.29, 0.717) is 19.6 Å². The predicted molar refractivity (Wildman–Crippen MR) is 79.9 cm³/mol. The molecule has 1 fully saturated rings. The van der Waals surface area contributed by atoms with Gasteiger partial charge in [-0.15, -0.1) is 0 Å². The Hall–Kier alpha value is -1.14. The highest BCUT2D eigenvalue weighted by Gasteiger charge is 2.26. The molecule has 0 aromatic rings. The number of methoxy groups -OCH3 is 1. The van der Waals surface area contributed by atoms with E-state index in [1.54, 1.807) is 0 Å². The standard InChI is InChI=1S/C15H28N2O4/c1-4-8-16-15(19)12(2)17(9-7-14(18)20-3)11-13-6-5-10-21-13/h12-13H,4-11H2,1-3H3,(H,16,19). The van der Waals surface area contributed by atoms with Crippen LogP contribution in [0.15, 0.2) is 0 Å². The highest BCUT2D eigenvalue weighted by atomic mass is 16.5. The quantitative estimate of drug-likeness (QED) is 0.642. The maximum atomic E-state index is 12.1. The van der Waals surface area contributed by atoms with Gasteiger partial charge in [0.15, 0.2) is 0 Å². The van der Waals surface area contributed by atoms with E-state index in [4.69, 9.17) is 4.74 Å². The zero-order valence-electron chi connectivity index (χ0n) is 13.4. The van der Waals surface area contributed by atoms with Gasteiger partial charge in [-0.05, 0) is 26.2 Å². The summed E-state index contributed by atoms with van der Waals surface area (Å²) in [5.41, 5.74) is 0. The van der Waals surface area contributed by atoms with Gasteiger partial charge in [0.1, 0.15) is 0 Å². The highest BCUT2D eigenvalue weighted by Crippen LogP contribution is 2.15. The van der Waals surface area contributed by atoms with Crippen LogP contribution in [0.2, 0.25) is 0 Å². The second-order valence-corrected chi connectivity index (χ2v) is 5.42. The van der Waals surface area contributed by atoms with Crippen LogP contribution in [0.5, 0.6) is 0 Å². The lowest BCUT2D eigenvalue weighted by molar-refractivity contribution is -0.141. The first-order valence-electron chi connectivity index (χ1n) is 7.78. The Morgan fingerprint density at radius 1 is 1.48 bits per heavy atom. The van der Waals surface area contributed by atoms with Crippen molar-refractivity contribution in [2.45, 2.75) is 51.7 Å². The Morgan fingerprint density at radius 2 is 2.24 bits per heavy atom. The number of carbonyl (C=O) groups is 2. The number of nitrogens with one attached hydrogen (secondary N) is 1. The van der Waals surface area contributed by atoms with Gasteiger partial charge < -0.3 is 14.8 Å². The van der Waals surface area contributed by atoms with Gasteiger partial charge >= 0.3 is 5.97 Å². The predicted octanol–water partition coefficient (Wildman–Crippen LogP) is 0.945. The largest absolute Gasteiger partial charge is 0.469 e. The summed E-state index contributed by atoms with van der Waals surface area (Å²) in [6.45, 7) is 6.54. The normalized spacial score (nSPS) is 19.5. The molecule has 1 aliphatic rings. The molecular weight excluding hydrogens is 272 g/mol. The lowest BCUT2D eigenvalue weighted by Crippen LogP contribution is -2.48. The highest BCUT2D eigenvalue weighted by molar-refractivity contribution is 5.81. The van der Waals surface area contributed by atoms with Crippen molar-refractivity contribution in [3.63, 3.8) is 0 Å². The SMILES string of the molecule is CCCNC(=O)C(C)N(CCC(=O)OC)CC1CCCO1. The maximum Gasteiger partial charge on any atom is 0.306 e. The van der Waals surface area contributed by atoms with Crippen LogP contribution in [0.1, 0.15) is 39.5 Å². The van der Waals surface area contributed by atoms with E-state index in [9.17, 15) is 9.59 Å². The van der Waals surface area contributed by atoms with Crippen molar-refractivity contribution in [1.82, 2.24) is 10.2 Å². The number of hydrogen-bond acceptors (Lipinski definition) is 5. The molecule has 0 aromatic carbocycles. The van der Waals surface area contributed by atoms with E-state index in [0.717, 1.165) is 25.9 Å². The Bertz CT molecular complexity index is 330. The molecule has 1 N–H and O–H groups in total. The molecule has 1 rings (SSSR count). The fourth-order valence-corrected chi connectivity index (χ4v) is 2.39. The molecule has 1 heterocycles. The molecule has 0 aromatic heterocycles. The van der Waals surface area contributed by atoms with E-state index in [1.807, 2.05) is 18.7 Å². The summed E-state index contributed by atoms with van der Waals surface area (Å²) in [5, 5.41) is 2.90.